The van der Waals surface area contributed by atoms with Crippen LogP contribution in [-0.4, -0.2) is 31.1 Å². The Balaban J connectivity index is 2.29. The lowest BCUT2D eigenvalue weighted by atomic mass is 10.1. The summed E-state index contributed by atoms with van der Waals surface area (Å²) in [6.07, 6.45) is 4.25. The Morgan fingerprint density at radius 1 is 1.19 bits per heavy atom. The van der Waals surface area contributed by atoms with Crippen molar-refractivity contribution in [1.82, 2.24) is 0 Å². The molecular weight excluding hydrogens is 358 g/mol. The van der Waals surface area contributed by atoms with Crippen molar-refractivity contribution in [2.45, 2.75) is 20.8 Å². The summed E-state index contributed by atoms with van der Waals surface area (Å²) in [5.74, 6) is -1.11. The molecule has 0 aliphatic heterocycles. The van der Waals surface area contributed by atoms with Gasteiger partial charge in [0.05, 0.1) is 25.0 Å². The number of carbonyl (C=O) groups excluding carboxylic acids is 3. The normalized spacial score (nSPS) is 10.7. The van der Waals surface area contributed by atoms with Crippen LogP contribution in [0.25, 0.3) is 6.08 Å². The van der Waals surface area contributed by atoms with Gasteiger partial charge in [-0.2, -0.15) is 0 Å². The molecule has 0 radical (unpaired) electrons. The third-order valence-electron chi connectivity index (χ3n) is 3.27. The minimum atomic E-state index is -0.609. The van der Waals surface area contributed by atoms with Crippen LogP contribution in [0, 0.1) is 6.92 Å². The zero-order valence-corrected chi connectivity index (χ0v) is 15.5. The van der Waals surface area contributed by atoms with Gasteiger partial charge in [0.15, 0.2) is 0 Å². The fraction of sp³-hybridized carbons (Fsp3) is 0.278. The smallest absolute Gasteiger partial charge is 0.348 e. The SMILES string of the molecule is CCOC(=O)c1sc(NC(=O)/C=C/c2ccco2)c(C(=O)OCC)c1C. The molecule has 0 bridgehead atoms. The Kier molecular flexibility index (Phi) is 6.74. The van der Waals surface area contributed by atoms with Gasteiger partial charge in [-0.3, -0.25) is 4.79 Å². The van der Waals surface area contributed by atoms with Crippen molar-refractivity contribution in [3.05, 3.63) is 46.2 Å². The molecule has 2 rings (SSSR count). The summed E-state index contributed by atoms with van der Waals surface area (Å²) in [7, 11) is 0. The standard InChI is InChI=1S/C18H19NO6S/c1-4-23-17(21)14-11(3)15(18(22)24-5-2)26-16(14)19-13(20)9-8-12-7-6-10-25-12/h6-10H,4-5H2,1-3H3,(H,19,20)/b9-8+. The first-order chi connectivity index (χ1) is 12.5. The zero-order valence-electron chi connectivity index (χ0n) is 14.7. The van der Waals surface area contributed by atoms with Gasteiger partial charge in [0.1, 0.15) is 15.6 Å². The van der Waals surface area contributed by atoms with E-state index in [1.807, 2.05) is 0 Å². The van der Waals surface area contributed by atoms with E-state index < -0.39 is 17.8 Å². The van der Waals surface area contributed by atoms with E-state index in [9.17, 15) is 14.4 Å². The van der Waals surface area contributed by atoms with Crippen LogP contribution in [0.2, 0.25) is 0 Å². The van der Waals surface area contributed by atoms with E-state index >= 15 is 0 Å². The van der Waals surface area contributed by atoms with Crippen molar-refractivity contribution >= 4 is 40.3 Å². The molecule has 26 heavy (non-hydrogen) atoms. The number of ether oxygens (including phenoxy) is 2. The summed E-state index contributed by atoms with van der Waals surface area (Å²) in [5, 5.41) is 2.85. The number of anilines is 1. The molecule has 0 aliphatic carbocycles. The Bertz CT molecular complexity index is 819. The van der Waals surface area contributed by atoms with Crippen LogP contribution in [0.1, 0.15) is 45.2 Å². The first kappa shape index (κ1) is 19.5. The third-order valence-corrected chi connectivity index (χ3v) is 4.45. The summed E-state index contributed by atoms with van der Waals surface area (Å²) in [5.41, 5.74) is 0.567. The number of carbonyl (C=O) groups is 3. The molecule has 0 fully saturated rings. The van der Waals surface area contributed by atoms with Crippen molar-refractivity contribution in [2.24, 2.45) is 0 Å². The Labute approximate surface area is 154 Å². The van der Waals surface area contributed by atoms with E-state index in [2.05, 4.69) is 5.32 Å². The van der Waals surface area contributed by atoms with Crippen LogP contribution >= 0.6 is 11.3 Å². The molecular formula is C18H19NO6S. The molecule has 8 heteroatoms. The summed E-state index contributed by atoms with van der Waals surface area (Å²) in [6, 6.07) is 3.40. The van der Waals surface area contributed by atoms with Gasteiger partial charge < -0.3 is 19.2 Å². The summed E-state index contributed by atoms with van der Waals surface area (Å²) in [6.45, 7) is 5.36. The molecule has 0 aromatic carbocycles. The van der Waals surface area contributed by atoms with E-state index in [0.29, 0.717) is 11.3 Å². The van der Waals surface area contributed by atoms with Crippen LogP contribution in [0.15, 0.2) is 28.9 Å². The Morgan fingerprint density at radius 3 is 2.50 bits per heavy atom. The van der Waals surface area contributed by atoms with Crippen molar-refractivity contribution in [3.8, 4) is 0 Å². The molecule has 0 unspecified atom stereocenters. The number of thiophene rings is 1. The van der Waals surface area contributed by atoms with Gasteiger partial charge in [-0.15, -0.1) is 11.3 Å². The highest BCUT2D eigenvalue weighted by atomic mass is 32.1. The predicted molar refractivity (Wildman–Crippen MR) is 97.3 cm³/mol. The number of hydrogen-bond donors (Lipinski definition) is 1. The summed E-state index contributed by atoms with van der Waals surface area (Å²) < 4.78 is 15.1. The summed E-state index contributed by atoms with van der Waals surface area (Å²) in [4.78, 5) is 36.7. The highest BCUT2D eigenvalue weighted by Crippen LogP contribution is 2.34. The lowest BCUT2D eigenvalue weighted by Crippen LogP contribution is -2.12. The average Bonchev–Trinajstić information content (AvgIpc) is 3.21. The second-order valence-corrected chi connectivity index (χ2v) is 6.06. The molecule has 0 atom stereocenters. The minimum absolute atomic E-state index is 0.152. The molecule has 1 amide bonds. The zero-order chi connectivity index (χ0) is 19.1. The monoisotopic (exact) mass is 377 g/mol. The largest absolute Gasteiger partial charge is 0.465 e. The molecule has 138 valence electrons. The molecule has 7 nitrogen and oxygen atoms in total. The number of rotatable bonds is 7. The molecule has 0 aliphatic rings. The Hall–Kier alpha value is -2.87. The maximum Gasteiger partial charge on any atom is 0.348 e. The summed E-state index contributed by atoms with van der Waals surface area (Å²) >= 11 is 0.975. The van der Waals surface area contributed by atoms with Gasteiger partial charge in [0.2, 0.25) is 5.91 Å². The van der Waals surface area contributed by atoms with Gasteiger partial charge in [-0.1, -0.05) is 0 Å². The highest BCUT2D eigenvalue weighted by molar-refractivity contribution is 7.18. The third kappa shape index (κ3) is 4.60. The second-order valence-electron chi connectivity index (χ2n) is 5.04. The van der Waals surface area contributed by atoms with Crippen LogP contribution in [-0.2, 0) is 14.3 Å². The van der Waals surface area contributed by atoms with Crippen LogP contribution < -0.4 is 5.32 Å². The predicted octanol–water partition coefficient (Wildman–Crippen LogP) is 3.65. The maximum absolute atomic E-state index is 12.3. The van der Waals surface area contributed by atoms with Gasteiger partial charge in [0, 0.05) is 6.08 Å². The number of hydrogen-bond acceptors (Lipinski definition) is 7. The lowest BCUT2D eigenvalue weighted by molar-refractivity contribution is -0.111. The Morgan fingerprint density at radius 2 is 1.88 bits per heavy atom. The molecule has 2 aromatic heterocycles. The van der Waals surface area contributed by atoms with E-state index in [1.54, 1.807) is 32.9 Å². The first-order valence-electron chi connectivity index (χ1n) is 7.98. The fourth-order valence-electron chi connectivity index (χ4n) is 2.14. The van der Waals surface area contributed by atoms with E-state index in [0.717, 1.165) is 11.3 Å². The van der Waals surface area contributed by atoms with Gasteiger partial charge in [-0.25, -0.2) is 9.59 Å². The fourth-order valence-corrected chi connectivity index (χ4v) is 3.23. The van der Waals surface area contributed by atoms with E-state index in [-0.39, 0.29) is 28.7 Å². The first-order valence-corrected chi connectivity index (χ1v) is 8.79. The van der Waals surface area contributed by atoms with Crippen LogP contribution in [0.5, 0.6) is 0 Å². The van der Waals surface area contributed by atoms with E-state index in [4.69, 9.17) is 13.9 Å². The maximum atomic E-state index is 12.3. The molecule has 2 heterocycles. The van der Waals surface area contributed by atoms with E-state index in [1.165, 1.54) is 18.4 Å². The van der Waals surface area contributed by atoms with Crippen molar-refractivity contribution in [1.29, 1.82) is 0 Å². The molecule has 0 saturated carbocycles. The number of amides is 1. The number of esters is 2. The lowest BCUT2D eigenvalue weighted by Gasteiger charge is -2.05. The highest BCUT2D eigenvalue weighted by Gasteiger charge is 2.26. The number of nitrogens with one attached hydrogen (secondary N) is 1. The minimum Gasteiger partial charge on any atom is -0.465 e. The van der Waals surface area contributed by atoms with Crippen LogP contribution in [0.3, 0.4) is 0 Å². The average molecular weight is 377 g/mol. The van der Waals surface area contributed by atoms with Crippen molar-refractivity contribution in [2.75, 3.05) is 18.5 Å². The second kappa shape index (κ2) is 9.00. The molecule has 0 spiro atoms. The topological polar surface area (TPSA) is 94.8 Å². The molecule has 1 N–H and O–H groups in total. The molecule has 2 aromatic rings. The van der Waals surface area contributed by atoms with Gasteiger partial charge >= 0.3 is 11.9 Å². The molecule has 0 saturated heterocycles. The van der Waals surface area contributed by atoms with Gasteiger partial charge in [-0.05, 0) is 44.5 Å². The van der Waals surface area contributed by atoms with Crippen LogP contribution in [0.4, 0.5) is 5.00 Å². The quantitative estimate of drug-likeness (QED) is 0.584. The number of furan rings is 1. The van der Waals surface area contributed by atoms with Crippen molar-refractivity contribution in [3.63, 3.8) is 0 Å². The van der Waals surface area contributed by atoms with Gasteiger partial charge in [0.25, 0.3) is 0 Å². The van der Waals surface area contributed by atoms with Crippen molar-refractivity contribution < 1.29 is 28.3 Å².